The molecule has 34 heavy (non-hydrogen) atoms. The van der Waals surface area contributed by atoms with E-state index in [4.69, 9.17) is 5.10 Å². The number of hydrogen-bond donors (Lipinski definition) is 2. The van der Waals surface area contributed by atoms with Gasteiger partial charge < -0.3 is 10.6 Å². The van der Waals surface area contributed by atoms with Gasteiger partial charge in [0.1, 0.15) is 5.82 Å². The van der Waals surface area contributed by atoms with Gasteiger partial charge in [0.2, 0.25) is 0 Å². The van der Waals surface area contributed by atoms with E-state index in [0.29, 0.717) is 17.3 Å². The van der Waals surface area contributed by atoms with Crippen LogP contribution in [0.4, 0.5) is 11.6 Å². The van der Waals surface area contributed by atoms with Gasteiger partial charge in [0.15, 0.2) is 11.6 Å². The van der Waals surface area contributed by atoms with Crippen molar-refractivity contribution in [3.63, 3.8) is 0 Å². The molecule has 2 aliphatic rings. The summed E-state index contributed by atoms with van der Waals surface area (Å²) in [5, 5.41) is 16.1. The van der Waals surface area contributed by atoms with E-state index in [2.05, 4.69) is 58.8 Å². The van der Waals surface area contributed by atoms with Gasteiger partial charge in [0, 0.05) is 30.8 Å². The molecule has 8 heteroatoms. The second-order valence-corrected chi connectivity index (χ2v) is 8.91. The fraction of sp³-hybridized carbons (Fsp3) is 0.385. The molecule has 0 amide bonds. The van der Waals surface area contributed by atoms with Crippen LogP contribution < -0.4 is 10.6 Å². The molecule has 2 aromatic heterocycles. The first-order chi connectivity index (χ1) is 16.6. The summed E-state index contributed by atoms with van der Waals surface area (Å²) in [6, 6.07) is 8.56. The van der Waals surface area contributed by atoms with Crippen molar-refractivity contribution < 1.29 is 4.79 Å². The van der Waals surface area contributed by atoms with Gasteiger partial charge >= 0.3 is 0 Å². The van der Waals surface area contributed by atoms with Crippen LogP contribution in [0, 0.1) is 6.92 Å². The Morgan fingerprint density at radius 2 is 2.09 bits per heavy atom. The SMILES string of the molecule is CCc1cc(C)ccc1-n1nc(C2CCNCC2)cc1NCC(=O)c1cnn2c1N=CCC=C2. The minimum Gasteiger partial charge on any atom is -0.362 e. The molecule has 4 heterocycles. The van der Waals surface area contributed by atoms with E-state index in [1.165, 1.54) is 11.1 Å². The Balaban J connectivity index is 1.45. The minimum atomic E-state index is -0.0514. The highest BCUT2D eigenvalue weighted by Crippen LogP contribution is 2.30. The molecule has 0 aliphatic carbocycles. The molecular formula is C26H31N7O. The Kier molecular flexibility index (Phi) is 6.40. The number of carbonyl (C=O) groups excluding carboxylic acids is 1. The Labute approximate surface area is 199 Å². The van der Waals surface area contributed by atoms with Crippen molar-refractivity contribution in [1.82, 2.24) is 24.9 Å². The maximum absolute atomic E-state index is 13.1. The highest BCUT2D eigenvalue weighted by atomic mass is 16.1. The highest BCUT2D eigenvalue weighted by Gasteiger charge is 2.22. The van der Waals surface area contributed by atoms with Gasteiger partial charge in [-0.25, -0.2) is 14.4 Å². The van der Waals surface area contributed by atoms with Crippen molar-refractivity contribution in [2.75, 3.05) is 25.0 Å². The molecule has 8 nitrogen and oxygen atoms in total. The summed E-state index contributed by atoms with van der Waals surface area (Å²) in [6.45, 7) is 6.42. The van der Waals surface area contributed by atoms with E-state index in [1.54, 1.807) is 17.1 Å². The lowest BCUT2D eigenvalue weighted by atomic mass is 9.95. The third-order valence-electron chi connectivity index (χ3n) is 6.53. The van der Waals surface area contributed by atoms with Crippen LogP contribution in [-0.2, 0) is 6.42 Å². The van der Waals surface area contributed by atoms with E-state index >= 15 is 0 Å². The molecular weight excluding hydrogens is 426 g/mol. The van der Waals surface area contributed by atoms with E-state index < -0.39 is 0 Å². The lowest BCUT2D eigenvalue weighted by molar-refractivity contribution is 0.101. The maximum atomic E-state index is 13.1. The van der Waals surface area contributed by atoms with Gasteiger partial charge in [0.05, 0.1) is 29.7 Å². The van der Waals surface area contributed by atoms with Crippen molar-refractivity contribution >= 4 is 29.8 Å². The summed E-state index contributed by atoms with van der Waals surface area (Å²) in [6.07, 6.45) is 11.0. The quantitative estimate of drug-likeness (QED) is 0.517. The van der Waals surface area contributed by atoms with Crippen LogP contribution in [0.1, 0.15) is 59.3 Å². The lowest BCUT2D eigenvalue weighted by Gasteiger charge is -2.20. The number of carbonyl (C=O) groups is 1. The molecule has 0 spiro atoms. The van der Waals surface area contributed by atoms with Gasteiger partial charge in [0.25, 0.3) is 0 Å². The second kappa shape index (κ2) is 9.77. The number of benzene rings is 1. The van der Waals surface area contributed by atoms with Gasteiger partial charge in [-0.05, 0) is 50.9 Å². The summed E-state index contributed by atoms with van der Waals surface area (Å²) in [7, 11) is 0. The van der Waals surface area contributed by atoms with E-state index in [0.717, 1.165) is 56.0 Å². The third-order valence-corrected chi connectivity index (χ3v) is 6.53. The molecule has 0 radical (unpaired) electrons. The third kappa shape index (κ3) is 4.46. The molecule has 3 aromatic rings. The predicted octanol–water partition coefficient (Wildman–Crippen LogP) is 4.28. The molecule has 0 bridgehead atoms. The minimum absolute atomic E-state index is 0.0514. The second-order valence-electron chi connectivity index (χ2n) is 8.91. The Morgan fingerprint density at radius 1 is 1.24 bits per heavy atom. The highest BCUT2D eigenvalue weighted by molar-refractivity contribution is 6.03. The largest absolute Gasteiger partial charge is 0.362 e. The summed E-state index contributed by atoms with van der Waals surface area (Å²) in [5.74, 6) is 1.78. The molecule has 0 unspecified atom stereocenters. The normalized spacial score (nSPS) is 15.8. The Bertz CT molecular complexity index is 1240. The van der Waals surface area contributed by atoms with Gasteiger partial charge in [-0.15, -0.1) is 0 Å². The van der Waals surface area contributed by atoms with Crippen LogP contribution in [0.2, 0.25) is 0 Å². The lowest BCUT2D eigenvalue weighted by Crippen LogP contribution is -2.26. The number of aromatic nitrogens is 4. The van der Waals surface area contributed by atoms with Crippen molar-refractivity contribution in [2.24, 2.45) is 4.99 Å². The number of nitrogens with zero attached hydrogens (tertiary/aromatic N) is 5. The number of nitrogens with one attached hydrogen (secondary N) is 2. The molecule has 1 saturated heterocycles. The molecule has 5 rings (SSSR count). The maximum Gasteiger partial charge on any atom is 0.187 e. The van der Waals surface area contributed by atoms with Crippen LogP contribution >= 0.6 is 0 Å². The first-order valence-electron chi connectivity index (χ1n) is 12.1. The van der Waals surface area contributed by atoms with Crippen molar-refractivity contribution in [3.05, 3.63) is 58.9 Å². The molecule has 1 fully saturated rings. The standard InChI is InChI=1S/C26H31N7O/c1-3-19-14-18(2)6-7-23(19)33-25(15-22(31-33)20-8-11-27-12-9-20)29-17-24(34)21-16-30-32-13-5-4-10-28-26(21)32/h5-7,10,13-16,20,27,29H,3-4,8-9,11-12,17H2,1-2H3. The topological polar surface area (TPSA) is 89.1 Å². The average molecular weight is 458 g/mol. The zero-order chi connectivity index (χ0) is 23.5. The number of piperidine rings is 1. The van der Waals surface area contributed by atoms with Gasteiger partial charge in [-0.3, -0.25) is 4.79 Å². The summed E-state index contributed by atoms with van der Waals surface area (Å²) < 4.78 is 3.62. The number of aliphatic imine (C=N–C) groups is 1. The smallest absolute Gasteiger partial charge is 0.187 e. The predicted molar refractivity (Wildman–Crippen MR) is 136 cm³/mol. The monoisotopic (exact) mass is 457 g/mol. The Morgan fingerprint density at radius 3 is 2.91 bits per heavy atom. The number of allylic oxidation sites excluding steroid dienone is 1. The van der Waals surface area contributed by atoms with Crippen LogP contribution in [0.25, 0.3) is 11.9 Å². The van der Waals surface area contributed by atoms with Crippen molar-refractivity contribution in [2.45, 2.75) is 45.4 Å². The van der Waals surface area contributed by atoms with Crippen LogP contribution in [0.15, 0.2) is 41.5 Å². The fourth-order valence-electron chi connectivity index (χ4n) is 4.65. The molecule has 0 atom stereocenters. The van der Waals surface area contributed by atoms with E-state index in [9.17, 15) is 4.79 Å². The zero-order valence-electron chi connectivity index (χ0n) is 19.8. The number of hydrogen-bond acceptors (Lipinski definition) is 6. The van der Waals surface area contributed by atoms with Gasteiger partial charge in [-0.1, -0.05) is 30.7 Å². The zero-order valence-corrected chi connectivity index (χ0v) is 19.8. The summed E-state index contributed by atoms with van der Waals surface area (Å²) >= 11 is 0. The molecule has 1 aromatic carbocycles. The molecule has 0 saturated carbocycles. The number of rotatable bonds is 7. The van der Waals surface area contributed by atoms with E-state index in [1.807, 2.05) is 17.0 Å². The number of ketones is 1. The number of anilines is 1. The first kappa shape index (κ1) is 22.3. The fourth-order valence-corrected chi connectivity index (χ4v) is 4.65. The molecule has 176 valence electrons. The van der Waals surface area contributed by atoms with E-state index in [-0.39, 0.29) is 12.3 Å². The van der Waals surface area contributed by atoms with Crippen molar-refractivity contribution in [3.8, 4) is 5.69 Å². The van der Waals surface area contributed by atoms with Crippen LogP contribution in [0.3, 0.4) is 0 Å². The van der Waals surface area contributed by atoms with Crippen LogP contribution in [0.5, 0.6) is 0 Å². The van der Waals surface area contributed by atoms with Crippen molar-refractivity contribution in [1.29, 1.82) is 0 Å². The average Bonchev–Trinajstić information content (AvgIpc) is 3.40. The molecule has 2 aliphatic heterocycles. The first-order valence-corrected chi connectivity index (χ1v) is 12.1. The summed E-state index contributed by atoms with van der Waals surface area (Å²) in [4.78, 5) is 17.6. The number of fused-ring (bicyclic) bond motifs is 1. The number of aryl methyl sites for hydroxylation is 2. The van der Waals surface area contributed by atoms with Gasteiger partial charge in [-0.2, -0.15) is 10.2 Å². The number of Topliss-reactive ketones (excluding diaryl/α,β-unsaturated/α-hetero) is 1. The van der Waals surface area contributed by atoms with Crippen LogP contribution in [-0.4, -0.2) is 51.2 Å². The summed E-state index contributed by atoms with van der Waals surface area (Å²) in [5.41, 5.74) is 5.11. The molecule has 2 N–H and O–H groups in total. The Hall–Kier alpha value is -3.52.